The van der Waals surface area contributed by atoms with E-state index < -0.39 is 18.0 Å². The van der Waals surface area contributed by atoms with Gasteiger partial charge in [0, 0.05) is 28.6 Å². The number of nitrogens with zero attached hydrogens (tertiary/aromatic N) is 1. The van der Waals surface area contributed by atoms with E-state index in [2.05, 4.69) is 0 Å². The molecule has 7 rings (SSSR count). The molecule has 2 N–H and O–H groups in total. The number of hydrogen-bond acceptors (Lipinski definition) is 9. The van der Waals surface area contributed by atoms with Gasteiger partial charge < -0.3 is 38.5 Å². The Hall–Kier alpha value is -6.07. The van der Waals surface area contributed by atoms with Gasteiger partial charge in [-0.05, 0) is 97.1 Å². The van der Waals surface area contributed by atoms with Gasteiger partial charge in [-0.3, -0.25) is 9.59 Å². The maximum absolute atomic E-state index is 12.5. The Morgan fingerprint density at radius 1 is 0.942 bits per heavy atom. The molecule has 11 heteroatoms. The summed E-state index contributed by atoms with van der Waals surface area (Å²) < 4.78 is 29.3. The number of carbonyl (C=O) groups excluding carboxylic acids is 1. The number of rotatable bonds is 12. The van der Waals surface area contributed by atoms with Gasteiger partial charge in [0.05, 0.1) is 32.3 Å². The van der Waals surface area contributed by atoms with Gasteiger partial charge in [0.1, 0.15) is 41.8 Å². The van der Waals surface area contributed by atoms with Crippen LogP contribution in [0, 0.1) is 12.8 Å². The van der Waals surface area contributed by atoms with E-state index in [4.69, 9.17) is 23.4 Å². The molecule has 3 heterocycles. The SMILES string of the molecule is COc1ccc(-c2c3ccc(=O)cc-3oc3cc(OCc4ccc(OC/C=C/C5=C(C(=O)O)N6C(=O)[C@H]([C@@H](C)O)[C@H]6C5)c(OC)c4)ccc23)c(C)c1. The lowest BCUT2D eigenvalue weighted by atomic mass is 9.83. The first-order chi connectivity index (χ1) is 25.1. The largest absolute Gasteiger partial charge is 0.497 e. The predicted molar refractivity (Wildman–Crippen MR) is 193 cm³/mol. The molecule has 0 radical (unpaired) electrons. The molecular formula is C41H37NO10. The molecule has 3 aromatic carbocycles. The molecule has 52 heavy (non-hydrogen) atoms. The van der Waals surface area contributed by atoms with Gasteiger partial charge in [-0.15, -0.1) is 0 Å². The lowest BCUT2D eigenvalue weighted by Crippen LogP contribution is -2.61. The number of aliphatic hydroxyl groups excluding tert-OH is 1. The highest BCUT2D eigenvalue weighted by molar-refractivity contribution is 6.03. The average Bonchev–Trinajstić information content (AvgIpc) is 3.45. The van der Waals surface area contributed by atoms with Crippen molar-refractivity contribution in [1.29, 1.82) is 0 Å². The van der Waals surface area contributed by atoms with Crippen LogP contribution in [0.3, 0.4) is 0 Å². The van der Waals surface area contributed by atoms with Crippen molar-refractivity contribution in [3.63, 3.8) is 0 Å². The Balaban J connectivity index is 1.06. The summed E-state index contributed by atoms with van der Waals surface area (Å²) in [5.74, 6) is 0.623. The normalized spacial score (nSPS) is 17.4. The van der Waals surface area contributed by atoms with Gasteiger partial charge in [0.25, 0.3) is 0 Å². The number of hydrogen-bond donors (Lipinski definition) is 2. The first-order valence-corrected chi connectivity index (χ1v) is 16.8. The van der Waals surface area contributed by atoms with Gasteiger partial charge in [0.2, 0.25) is 5.91 Å². The van der Waals surface area contributed by atoms with Crippen LogP contribution in [0.4, 0.5) is 0 Å². The summed E-state index contributed by atoms with van der Waals surface area (Å²) in [4.78, 5) is 37.9. The van der Waals surface area contributed by atoms with E-state index in [0.717, 1.165) is 39.0 Å². The van der Waals surface area contributed by atoms with Gasteiger partial charge in [-0.1, -0.05) is 18.2 Å². The van der Waals surface area contributed by atoms with E-state index >= 15 is 0 Å². The van der Waals surface area contributed by atoms with E-state index in [1.807, 2.05) is 55.5 Å². The minimum atomic E-state index is -1.18. The van der Waals surface area contributed by atoms with Crippen molar-refractivity contribution >= 4 is 22.8 Å². The minimum Gasteiger partial charge on any atom is -0.497 e. The fourth-order valence-corrected chi connectivity index (χ4v) is 7.14. The number of benzene rings is 4. The maximum atomic E-state index is 12.5. The summed E-state index contributed by atoms with van der Waals surface area (Å²) in [6.07, 6.45) is 2.85. The van der Waals surface area contributed by atoms with E-state index in [0.29, 0.717) is 40.6 Å². The Morgan fingerprint density at radius 2 is 1.73 bits per heavy atom. The third kappa shape index (κ3) is 6.24. The average molecular weight is 704 g/mol. The number of aliphatic hydroxyl groups is 1. The first-order valence-electron chi connectivity index (χ1n) is 16.8. The van der Waals surface area contributed by atoms with Crippen LogP contribution in [0.25, 0.3) is 33.4 Å². The Morgan fingerprint density at radius 3 is 2.46 bits per heavy atom. The van der Waals surface area contributed by atoms with Gasteiger partial charge in [-0.2, -0.15) is 0 Å². The van der Waals surface area contributed by atoms with Crippen LogP contribution in [0.1, 0.15) is 24.5 Å². The number of carboxylic acids is 1. The summed E-state index contributed by atoms with van der Waals surface area (Å²) in [7, 11) is 3.17. The number of amides is 1. The van der Waals surface area contributed by atoms with Crippen molar-refractivity contribution in [2.75, 3.05) is 20.8 Å². The molecule has 1 saturated heterocycles. The quantitative estimate of drug-likeness (QED) is 0.111. The van der Waals surface area contributed by atoms with Crippen molar-refractivity contribution in [2.24, 2.45) is 5.92 Å². The Bertz CT molecular complexity index is 2300. The molecule has 3 aromatic rings. The molecule has 3 aliphatic heterocycles. The summed E-state index contributed by atoms with van der Waals surface area (Å²) >= 11 is 0. The van der Waals surface area contributed by atoms with Crippen LogP contribution in [0.15, 0.2) is 105 Å². The van der Waals surface area contributed by atoms with Crippen LogP contribution in [0.2, 0.25) is 0 Å². The van der Waals surface area contributed by atoms with Gasteiger partial charge in [0.15, 0.2) is 16.9 Å². The molecule has 0 spiro atoms. The van der Waals surface area contributed by atoms with Crippen LogP contribution in [-0.2, 0) is 16.2 Å². The molecule has 3 atom stereocenters. The van der Waals surface area contributed by atoms with E-state index in [9.17, 15) is 24.6 Å². The molecule has 1 aliphatic carbocycles. The van der Waals surface area contributed by atoms with Crippen molar-refractivity contribution in [1.82, 2.24) is 4.90 Å². The smallest absolute Gasteiger partial charge is 0.352 e. The van der Waals surface area contributed by atoms with Crippen LogP contribution in [0.5, 0.6) is 23.0 Å². The number of allylic oxidation sites excluding steroid dienone is 1. The molecule has 11 nitrogen and oxygen atoms in total. The van der Waals surface area contributed by atoms with Crippen molar-refractivity contribution in [3.8, 4) is 45.4 Å². The van der Waals surface area contributed by atoms with Gasteiger partial charge >= 0.3 is 5.97 Å². The molecule has 4 aliphatic rings. The summed E-state index contributed by atoms with van der Waals surface area (Å²) in [5, 5.41) is 20.6. The molecule has 1 amide bonds. The highest BCUT2D eigenvalue weighted by Crippen LogP contribution is 2.45. The number of aryl methyl sites for hydroxylation is 1. The lowest BCUT2D eigenvalue weighted by molar-refractivity contribution is -0.161. The third-order valence-electron chi connectivity index (χ3n) is 9.62. The van der Waals surface area contributed by atoms with Crippen LogP contribution < -0.4 is 24.4 Å². The first kappa shape index (κ1) is 34.4. The van der Waals surface area contributed by atoms with Gasteiger partial charge in [-0.25, -0.2) is 4.79 Å². The number of aliphatic carboxylic acids is 1. The molecule has 0 unspecified atom stereocenters. The topological polar surface area (TPSA) is 145 Å². The fraction of sp³-hybridized carbons (Fsp3) is 0.244. The number of carboxylic acid groups (broad SMARTS) is 1. The number of methoxy groups -OCH3 is 2. The van der Waals surface area contributed by atoms with E-state index in [-0.39, 0.29) is 36.3 Å². The molecule has 0 aromatic heterocycles. The predicted octanol–water partition coefficient (Wildman–Crippen LogP) is 6.35. The highest BCUT2D eigenvalue weighted by Gasteiger charge is 2.56. The number of carbonyl (C=O) groups is 2. The van der Waals surface area contributed by atoms with E-state index in [1.54, 1.807) is 38.3 Å². The molecule has 0 saturated carbocycles. The summed E-state index contributed by atoms with van der Waals surface area (Å²) in [6.45, 7) is 3.91. The van der Waals surface area contributed by atoms with E-state index in [1.165, 1.54) is 24.1 Å². The van der Waals surface area contributed by atoms with Crippen molar-refractivity contribution < 1.29 is 43.2 Å². The van der Waals surface area contributed by atoms with Crippen molar-refractivity contribution in [3.05, 3.63) is 118 Å². The zero-order valence-electron chi connectivity index (χ0n) is 29.0. The second kappa shape index (κ2) is 13.9. The second-order valence-corrected chi connectivity index (χ2v) is 12.9. The number of fused-ring (bicyclic) bond motifs is 3. The maximum Gasteiger partial charge on any atom is 0.352 e. The second-order valence-electron chi connectivity index (χ2n) is 12.9. The van der Waals surface area contributed by atoms with Crippen LogP contribution in [-0.4, -0.2) is 60.0 Å². The fourth-order valence-electron chi connectivity index (χ4n) is 7.14. The molecule has 266 valence electrons. The molecule has 0 bridgehead atoms. The third-order valence-corrected chi connectivity index (χ3v) is 9.62. The van der Waals surface area contributed by atoms with Crippen molar-refractivity contribution in [2.45, 2.75) is 39.0 Å². The summed E-state index contributed by atoms with van der Waals surface area (Å²) in [5.41, 5.74) is 5.49. The van der Waals surface area contributed by atoms with Crippen LogP contribution >= 0.6 is 0 Å². The highest BCUT2D eigenvalue weighted by atomic mass is 16.5. The number of ether oxygens (including phenoxy) is 4. The monoisotopic (exact) mass is 703 g/mol. The standard InChI is InChI=1S/C41H37NO10/c1-22-16-27(48-3)9-12-29(22)38-30-11-8-26(44)19-34(30)52-35-20-28(10-13-31(35)38)51-21-24-7-14-33(36(17-24)49-4)50-15-5-6-25-18-32-37(23(2)43)40(45)42(32)39(25)41(46)47/h5-14,16-17,19-20,23,32,37,43H,15,18,21H2,1-4H3,(H,46,47)/b6-5+/t23-,32-,37-/m1/s1. The lowest BCUT2D eigenvalue weighted by Gasteiger charge is -2.44. The zero-order chi connectivity index (χ0) is 36.7. The Labute approximate surface area is 299 Å². The molecule has 1 fully saturated rings. The zero-order valence-corrected chi connectivity index (χ0v) is 29.0. The summed E-state index contributed by atoms with van der Waals surface area (Å²) in [6, 6.07) is 21.5. The molecular weight excluding hydrogens is 666 g/mol. The Kier molecular flexibility index (Phi) is 9.20. The minimum absolute atomic E-state index is 0.0529. The number of β-lactam (4-membered cyclic amide) rings is 1.